The summed E-state index contributed by atoms with van der Waals surface area (Å²) in [5.41, 5.74) is 0. The Kier molecular flexibility index (Phi) is 18.0. The first kappa shape index (κ1) is 51.1. The predicted octanol–water partition coefficient (Wildman–Crippen LogP) is 8.29. The molecule has 22 nitrogen and oxygen atoms in total. The van der Waals surface area contributed by atoms with Crippen LogP contribution in [0.25, 0.3) is 0 Å². The largest absolute Gasteiger partial charge is 0.460 e. The number of rotatable bonds is 27. The molecule has 0 spiro atoms. The average Bonchev–Trinajstić information content (AvgIpc) is 4.21. The Hall–Kier alpha value is -8.30. The molecule has 0 aliphatic heterocycles. The lowest BCUT2D eigenvalue weighted by atomic mass is 10.3. The Morgan fingerprint density at radius 3 is 0.700 bits per heavy atom. The van der Waals surface area contributed by atoms with E-state index in [1.807, 2.05) is 0 Å². The fourth-order valence-electron chi connectivity index (χ4n) is 6.76. The van der Waals surface area contributed by atoms with Crippen LogP contribution in [0.4, 0.5) is 35.3 Å². The van der Waals surface area contributed by atoms with Crippen molar-refractivity contribution in [2.75, 3.05) is 98.5 Å². The van der Waals surface area contributed by atoms with Crippen LogP contribution in [0.15, 0.2) is 99.3 Å². The minimum atomic E-state index is -0.690. The van der Waals surface area contributed by atoms with Gasteiger partial charge in [0.15, 0.2) is 11.8 Å². The van der Waals surface area contributed by atoms with E-state index < -0.39 is 35.8 Å². The van der Waals surface area contributed by atoms with E-state index in [4.69, 9.17) is 54.9 Å². The van der Waals surface area contributed by atoms with Crippen molar-refractivity contribution in [2.24, 2.45) is 0 Å². The minimum absolute atomic E-state index is 0.0606. The highest BCUT2D eigenvalue weighted by Crippen LogP contribution is 2.33. The normalized spacial score (nSPS) is 10.9. The number of ether oxygens (including phenoxy) is 6. The van der Waals surface area contributed by atoms with Gasteiger partial charge in [-0.1, -0.05) is 0 Å². The van der Waals surface area contributed by atoms with Crippen LogP contribution in [0.2, 0.25) is 0 Å². The molecular weight excluding hydrogens is 921 g/mol. The zero-order valence-corrected chi connectivity index (χ0v) is 39.6. The van der Waals surface area contributed by atoms with Crippen molar-refractivity contribution in [1.29, 1.82) is 0 Å². The molecule has 0 N–H and O–H groups in total. The van der Waals surface area contributed by atoms with Crippen LogP contribution in [0.1, 0.15) is 105 Å². The van der Waals surface area contributed by atoms with E-state index in [1.165, 1.54) is 36.4 Å². The van der Waals surface area contributed by atoms with Gasteiger partial charge in [-0.15, -0.1) is 0 Å². The first-order valence-electron chi connectivity index (χ1n) is 22.6. The third-order valence-electron chi connectivity index (χ3n) is 9.92. The van der Waals surface area contributed by atoms with Gasteiger partial charge in [0.2, 0.25) is 58.1 Å². The molecule has 0 atom stereocenters. The predicted molar refractivity (Wildman–Crippen MR) is 246 cm³/mol. The standard InChI is InChI=1S/C48H54N4O18/c1-7-59-43(53)31-13-19-37(65-31)49(27-29-51(39-21-15-33(67-39)45(55)61-9-3)40-22-16-34(68-40)46(56)62-10-4)25-26-50(38-20-14-32(66-38)44(54)60-8-2)28-30-52(41-23-17-35(69-41)47(57)63-11-5)42-24-18-36(70-42)48(58)64-12-6/h13-24H,7-12,25-30H2,1-6H3. The molecule has 70 heavy (non-hydrogen) atoms. The van der Waals surface area contributed by atoms with Gasteiger partial charge in [0.05, 0.1) is 39.6 Å². The SMILES string of the molecule is CCOC(=O)c1ccc(N(CCN(CCN(c2ccc(C(=O)OCC)o2)c2ccc(C(=O)OCC)o2)c2ccc(C(=O)OCC)o2)CCN(c2ccc(C(=O)OCC)o2)c2ccc(C(=O)OCC)o2)o1. The lowest BCUT2D eigenvalue weighted by Gasteiger charge is -2.30. The molecular formula is C48H54N4O18. The van der Waals surface area contributed by atoms with Crippen LogP contribution >= 0.6 is 0 Å². The maximum atomic E-state index is 12.8. The van der Waals surface area contributed by atoms with Crippen molar-refractivity contribution < 1.29 is 83.7 Å². The van der Waals surface area contributed by atoms with E-state index in [2.05, 4.69) is 0 Å². The summed E-state index contributed by atoms with van der Waals surface area (Å²) in [5.74, 6) is -3.42. The summed E-state index contributed by atoms with van der Waals surface area (Å²) >= 11 is 0. The second-order valence-electron chi connectivity index (χ2n) is 14.4. The highest BCUT2D eigenvalue weighted by molar-refractivity contribution is 5.90. The van der Waals surface area contributed by atoms with Gasteiger partial charge in [-0.3, -0.25) is 9.80 Å². The van der Waals surface area contributed by atoms with Gasteiger partial charge in [0.25, 0.3) is 0 Å². The summed E-state index contributed by atoms with van der Waals surface area (Å²) in [5, 5.41) is 0. The molecule has 0 saturated carbocycles. The lowest BCUT2D eigenvalue weighted by Crippen LogP contribution is -2.41. The van der Waals surface area contributed by atoms with Crippen LogP contribution < -0.4 is 19.6 Å². The van der Waals surface area contributed by atoms with Gasteiger partial charge in [-0.2, -0.15) is 0 Å². The molecule has 0 amide bonds. The van der Waals surface area contributed by atoms with Crippen LogP contribution in [0, 0.1) is 0 Å². The van der Waals surface area contributed by atoms with Gasteiger partial charge in [0.1, 0.15) is 0 Å². The first-order chi connectivity index (χ1) is 33.9. The molecule has 0 aliphatic rings. The molecule has 6 rings (SSSR count). The van der Waals surface area contributed by atoms with Gasteiger partial charge in [0, 0.05) is 75.7 Å². The fraction of sp³-hybridized carbons (Fsp3) is 0.375. The number of esters is 6. The average molecular weight is 975 g/mol. The van der Waals surface area contributed by atoms with Crippen molar-refractivity contribution in [3.05, 3.63) is 107 Å². The molecule has 22 heteroatoms. The summed E-state index contributed by atoms with van der Waals surface area (Å²) in [6.07, 6.45) is 0. The maximum Gasteiger partial charge on any atom is 0.374 e. The number of anilines is 6. The van der Waals surface area contributed by atoms with Gasteiger partial charge in [-0.05, 0) is 77.9 Å². The van der Waals surface area contributed by atoms with Crippen molar-refractivity contribution >= 4 is 71.1 Å². The van der Waals surface area contributed by atoms with Gasteiger partial charge in [-0.25, -0.2) is 28.8 Å². The van der Waals surface area contributed by atoms with E-state index in [0.29, 0.717) is 0 Å². The topological polar surface area (TPSA) is 250 Å². The minimum Gasteiger partial charge on any atom is -0.460 e. The van der Waals surface area contributed by atoms with E-state index in [9.17, 15) is 28.8 Å². The molecule has 6 aromatic rings. The fourth-order valence-corrected chi connectivity index (χ4v) is 6.76. The van der Waals surface area contributed by atoms with Gasteiger partial charge < -0.3 is 64.7 Å². The van der Waals surface area contributed by atoms with Crippen LogP contribution in [-0.2, 0) is 28.4 Å². The smallest absolute Gasteiger partial charge is 0.374 e. The van der Waals surface area contributed by atoms with Crippen molar-refractivity contribution in [1.82, 2.24) is 0 Å². The second-order valence-corrected chi connectivity index (χ2v) is 14.4. The maximum absolute atomic E-state index is 12.8. The molecule has 0 saturated heterocycles. The van der Waals surface area contributed by atoms with E-state index in [-0.39, 0.29) is 149 Å². The Labute approximate surface area is 401 Å². The van der Waals surface area contributed by atoms with E-state index >= 15 is 0 Å². The summed E-state index contributed by atoms with van der Waals surface area (Å²) < 4.78 is 66.9. The third-order valence-corrected chi connectivity index (χ3v) is 9.92. The quantitative estimate of drug-likeness (QED) is 0.0347. The first-order valence-corrected chi connectivity index (χ1v) is 22.6. The lowest BCUT2D eigenvalue weighted by molar-refractivity contribution is 0.0480. The van der Waals surface area contributed by atoms with Crippen LogP contribution in [0.5, 0.6) is 0 Å². The Bertz CT molecular complexity index is 2390. The highest BCUT2D eigenvalue weighted by Gasteiger charge is 2.28. The van der Waals surface area contributed by atoms with Crippen LogP contribution in [0.3, 0.4) is 0 Å². The summed E-state index contributed by atoms with van der Waals surface area (Å²) in [6.45, 7) is 11.3. The third kappa shape index (κ3) is 12.8. The molecule has 0 aliphatic carbocycles. The summed E-state index contributed by atoms with van der Waals surface area (Å²) in [7, 11) is 0. The molecule has 0 radical (unpaired) electrons. The Morgan fingerprint density at radius 2 is 0.486 bits per heavy atom. The van der Waals surface area contributed by atoms with Crippen molar-refractivity contribution in [2.45, 2.75) is 41.5 Å². The molecule has 0 unspecified atom stereocenters. The second kappa shape index (κ2) is 24.6. The highest BCUT2D eigenvalue weighted by atomic mass is 16.6. The molecule has 374 valence electrons. The van der Waals surface area contributed by atoms with E-state index in [1.54, 1.807) is 97.5 Å². The molecule has 0 aromatic carbocycles. The van der Waals surface area contributed by atoms with Gasteiger partial charge >= 0.3 is 35.8 Å². The zero-order chi connectivity index (χ0) is 50.2. The van der Waals surface area contributed by atoms with Crippen molar-refractivity contribution in [3.63, 3.8) is 0 Å². The molecule has 6 aromatic heterocycles. The molecule has 0 fully saturated rings. The van der Waals surface area contributed by atoms with Crippen LogP contribution in [-0.4, -0.2) is 115 Å². The van der Waals surface area contributed by atoms with E-state index in [0.717, 1.165) is 0 Å². The zero-order valence-electron chi connectivity index (χ0n) is 39.6. The monoisotopic (exact) mass is 974 g/mol. The summed E-state index contributed by atoms with van der Waals surface area (Å²) in [6, 6.07) is 18.1. The number of carbonyl (C=O) groups excluding carboxylic acids is 6. The number of furan rings is 6. The number of hydrogen-bond acceptors (Lipinski definition) is 22. The van der Waals surface area contributed by atoms with Crippen molar-refractivity contribution in [3.8, 4) is 0 Å². The number of nitrogens with zero attached hydrogens (tertiary/aromatic N) is 4. The molecule has 0 bridgehead atoms. The number of carbonyl (C=O) groups is 6. The Morgan fingerprint density at radius 1 is 0.300 bits per heavy atom. The molecule has 6 heterocycles. The Balaban J connectivity index is 1.35. The summed E-state index contributed by atoms with van der Waals surface area (Å²) in [4.78, 5) is 83.1. The number of hydrogen-bond donors (Lipinski definition) is 0.